The molecular weight excluding hydrogens is 253 g/mol. The summed E-state index contributed by atoms with van der Waals surface area (Å²) in [5.41, 5.74) is 0.503. The molecule has 6 heteroatoms. The van der Waals surface area contributed by atoms with E-state index in [1.54, 1.807) is 18.2 Å². The monoisotopic (exact) mass is 265 g/mol. The molecule has 0 aliphatic heterocycles. The number of carboxylic acid groups (broad SMARTS) is 1. The molecule has 0 spiro atoms. The second kappa shape index (κ2) is 5.09. The molecule has 100 valence electrons. The molecule has 1 heterocycles. The van der Waals surface area contributed by atoms with Crippen molar-refractivity contribution in [2.75, 3.05) is 7.11 Å². The molecule has 1 N–H and O–H groups in total. The van der Waals surface area contributed by atoms with E-state index in [1.165, 1.54) is 20.1 Å². The fourth-order valence-electron chi connectivity index (χ4n) is 1.85. The number of benzene rings is 1. The van der Waals surface area contributed by atoms with Crippen LogP contribution in [0.15, 0.2) is 28.8 Å². The second-order valence-corrected chi connectivity index (χ2v) is 3.92. The Morgan fingerprint density at radius 3 is 2.79 bits per heavy atom. The van der Waals surface area contributed by atoms with E-state index in [9.17, 15) is 9.18 Å². The summed E-state index contributed by atoms with van der Waals surface area (Å²) >= 11 is 0. The van der Waals surface area contributed by atoms with Gasteiger partial charge in [0.1, 0.15) is 11.9 Å². The average molecular weight is 265 g/mol. The third-order valence-corrected chi connectivity index (χ3v) is 2.68. The van der Waals surface area contributed by atoms with Gasteiger partial charge in [0.15, 0.2) is 11.5 Å². The molecule has 0 aliphatic carbocycles. The third-order valence-electron chi connectivity index (χ3n) is 2.68. The molecule has 1 aromatic heterocycles. The van der Waals surface area contributed by atoms with Crippen LogP contribution < -0.4 is 4.74 Å². The number of aromatic carboxylic acids is 1. The van der Waals surface area contributed by atoms with E-state index in [4.69, 9.17) is 14.4 Å². The standard InChI is InChI=1S/C13H12FNO4/c1-7(14)12-8(4-3-5-10(12)18-2)11-6-9(13(16)17)15-19-11/h3-7H,1-2H3,(H,16,17). The molecule has 0 radical (unpaired) electrons. The first-order chi connectivity index (χ1) is 9.04. The van der Waals surface area contributed by atoms with Crippen molar-refractivity contribution in [1.82, 2.24) is 5.16 Å². The lowest BCUT2D eigenvalue weighted by Gasteiger charge is -2.12. The summed E-state index contributed by atoms with van der Waals surface area (Å²) in [6.45, 7) is 1.37. The van der Waals surface area contributed by atoms with Crippen LogP contribution >= 0.6 is 0 Å². The minimum Gasteiger partial charge on any atom is -0.496 e. The van der Waals surface area contributed by atoms with Crippen molar-refractivity contribution < 1.29 is 23.6 Å². The summed E-state index contributed by atoms with van der Waals surface area (Å²) in [5, 5.41) is 12.2. The van der Waals surface area contributed by atoms with Crippen molar-refractivity contribution in [3.63, 3.8) is 0 Å². The molecule has 0 saturated carbocycles. The topological polar surface area (TPSA) is 72.6 Å². The largest absolute Gasteiger partial charge is 0.496 e. The number of hydrogen-bond acceptors (Lipinski definition) is 4. The number of halogens is 1. The van der Waals surface area contributed by atoms with Gasteiger partial charge in [0.05, 0.1) is 7.11 Å². The van der Waals surface area contributed by atoms with Crippen molar-refractivity contribution in [2.24, 2.45) is 0 Å². The van der Waals surface area contributed by atoms with E-state index in [-0.39, 0.29) is 11.5 Å². The molecular formula is C13H12FNO4. The number of carboxylic acids is 1. The van der Waals surface area contributed by atoms with Crippen LogP contribution in [0, 0.1) is 0 Å². The fraction of sp³-hybridized carbons (Fsp3) is 0.231. The van der Waals surface area contributed by atoms with Gasteiger partial charge in [0, 0.05) is 17.2 Å². The molecule has 1 unspecified atom stereocenters. The van der Waals surface area contributed by atoms with E-state index >= 15 is 0 Å². The highest BCUT2D eigenvalue weighted by Gasteiger charge is 2.20. The first-order valence-corrected chi connectivity index (χ1v) is 5.56. The zero-order valence-corrected chi connectivity index (χ0v) is 10.4. The average Bonchev–Trinajstić information content (AvgIpc) is 2.87. The van der Waals surface area contributed by atoms with Crippen LogP contribution in [-0.2, 0) is 0 Å². The van der Waals surface area contributed by atoms with E-state index in [2.05, 4.69) is 5.16 Å². The van der Waals surface area contributed by atoms with Crippen molar-refractivity contribution in [3.05, 3.63) is 35.5 Å². The van der Waals surface area contributed by atoms with Crippen molar-refractivity contribution in [2.45, 2.75) is 13.1 Å². The van der Waals surface area contributed by atoms with Crippen LogP contribution in [0.25, 0.3) is 11.3 Å². The van der Waals surface area contributed by atoms with Crippen LogP contribution in [-0.4, -0.2) is 23.3 Å². The number of rotatable bonds is 4. The van der Waals surface area contributed by atoms with Gasteiger partial charge in [0.25, 0.3) is 0 Å². The van der Waals surface area contributed by atoms with E-state index in [1.807, 2.05) is 0 Å². The molecule has 1 atom stereocenters. The van der Waals surface area contributed by atoms with Crippen molar-refractivity contribution >= 4 is 5.97 Å². The number of nitrogens with zero attached hydrogens (tertiary/aromatic N) is 1. The highest BCUT2D eigenvalue weighted by Crippen LogP contribution is 2.37. The van der Waals surface area contributed by atoms with Crippen molar-refractivity contribution in [1.29, 1.82) is 0 Å². The quantitative estimate of drug-likeness (QED) is 0.919. The van der Waals surface area contributed by atoms with Gasteiger partial charge in [-0.1, -0.05) is 17.3 Å². The molecule has 0 amide bonds. The number of methoxy groups -OCH3 is 1. The van der Waals surface area contributed by atoms with Crippen LogP contribution in [0.4, 0.5) is 4.39 Å². The van der Waals surface area contributed by atoms with Crippen LogP contribution in [0.1, 0.15) is 29.1 Å². The van der Waals surface area contributed by atoms with E-state index in [0.717, 1.165) is 0 Å². The highest BCUT2D eigenvalue weighted by molar-refractivity contribution is 5.86. The fourth-order valence-corrected chi connectivity index (χ4v) is 1.85. The first kappa shape index (κ1) is 13.1. The van der Waals surface area contributed by atoms with Crippen LogP contribution in [0.3, 0.4) is 0 Å². The van der Waals surface area contributed by atoms with Gasteiger partial charge in [-0.2, -0.15) is 0 Å². The number of hydrogen-bond donors (Lipinski definition) is 1. The smallest absolute Gasteiger partial charge is 0.358 e. The normalized spacial score (nSPS) is 12.2. The summed E-state index contributed by atoms with van der Waals surface area (Å²) < 4.78 is 23.8. The lowest BCUT2D eigenvalue weighted by molar-refractivity contribution is 0.0686. The zero-order chi connectivity index (χ0) is 14.0. The van der Waals surface area contributed by atoms with Gasteiger partial charge < -0.3 is 14.4 Å². The number of aromatic nitrogens is 1. The molecule has 2 aromatic rings. The Morgan fingerprint density at radius 1 is 1.53 bits per heavy atom. The molecule has 1 aromatic carbocycles. The maximum atomic E-state index is 13.7. The molecule has 5 nitrogen and oxygen atoms in total. The molecule has 0 saturated heterocycles. The highest BCUT2D eigenvalue weighted by atomic mass is 19.1. The molecule has 0 fully saturated rings. The first-order valence-electron chi connectivity index (χ1n) is 5.56. The molecule has 2 rings (SSSR count). The van der Waals surface area contributed by atoms with Gasteiger partial charge in [-0.25, -0.2) is 9.18 Å². The van der Waals surface area contributed by atoms with Gasteiger partial charge in [-0.3, -0.25) is 0 Å². The lowest BCUT2D eigenvalue weighted by atomic mass is 10.0. The van der Waals surface area contributed by atoms with Gasteiger partial charge >= 0.3 is 5.97 Å². The van der Waals surface area contributed by atoms with E-state index in [0.29, 0.717) is 16.9 Å². The molecule has 0 bridgehead atoms. The molecule has 19 heavy (non-hydrogen) atoms. The number of alkyl halides is 1. The summed E-state index contributed by atoms with van der Waals surface area (Å²) in [6, 6.07) is 6.18. The van der Waals surface area contributed by atoms with Gasteiger partial charge in [-0.05, 0) is 13.0 Å². The summed E-state index contributed by atoms with van der Waals surface area (Å²) in [5.74, 6) is -0.635. The maximum absolute atomic E-state index is 13.7. The van der Waals surface area contributed by atoms with Gasteiger partial charge in [-0.15, -0.1) is 0 Å². The third kappa shape index (κ3) is 2.42. The lowest BCUT2D eigenvalue weighted by Crippen LogP contribution is -1.96. The minimum absolute atomic E-state index is 0.191. The van der Waals surface area contributed by atoms with Gasteiger partial charge in [0.2, 0.25) is 0 Å². The Hall–Kier alpha value is -2.37. The Labute approximate surface area is 108 Å². The molecule has 0 aliphatic rings. The number of carbonyl (C=O) groups is 1. The Balaban J connectivity index is 2.57. The zero-order valence-electron chi connectivity index (χ0n) is 10.4. The summed E-state index contributed by atoms with van der Waals surface area (Å²) in [6.07, 6.45) is -1.29. The Kier molecular flexibility index (Phi) is 3.50. The summed E-state index contributed by atoms with van der Waals surface area (Å²) in [7, 11) is 1.44. The van der Waals surface area contributed by atoms with Crippen LogP contribution in [0.2, 0.25) is 0 Å². The van der Waals surface area contributed by atoms with Crippen molar-refractivity contribution in [3.8, 4) is 17.1 Å². The van der Waals surface area contributed by atoms with E-state index < -0.39 is 12.1 Å². The van der Waals surface area contributed by atoms with Crippen LogP contribution in [0.5, 0.6) is 5.75 Å². The number of ether oxygens (including phenoxy) is 1. The predicted octanol–water partition coefficient (Wildman–Crippen LogP) is 3.08. The predicted molar refractivity (Wildman–Crippen MR) is 65.0 cm³/mol. The minimum atomic E-state index is -1.29. The summed E-state index contributed by atoms with van der Waals surface area (Å²) in [4.78, 5) is 10.8. The Bertz CT molecular complexity index is 606. The Morgan fingerprint density at radius 2 is 2.26 bits per heavy atom. The SMILES string of the molecule is COc1cccc(-c2cc(C(=O)O)no2)c1C(C)F. The maximum Gasteiger partial charge on any atom is 0.358 e. The second-order valence-electron chi connectivity index (χ2n) is 3.92.